The first-order valence-corrected chi connectivity index (χ1v) is 13.4. The average Bonchev–Trinajstić information content (AvgIpc) is 2.69. The van der Waals surface area contributed by atoms with E-state index in [1.54, 1.807) is 0 Å². The molecule has 0 aromatic carbocycles. The second kappa shape index (κ2) is 8.53. The van der Waals surface area contributed by atoms with Crippen LogP contribution in [0.4, 0.5) is 0 Å². The molecule has 10 heteroatoms. The van der Waals surface area contributed by atoms with Crippen molar-refractivity contribution in [1.82, 2.24) is 10.2 Å². The second-order valence-electron chi connectivity index (χ2n) is 8.52. The lowest BCUT2D eigenvalue weighted by atomic mass is 9.93. The fourth-order valence-electron chi connectivity index (χ4n) is 4.27. The summed E-state index contributed by atoms with van der Waals surface area (Å²) < 4.78 is 48.2. The highest BCUT2D eigenvalue weighted by atomic mass is 31.2. The molecule has 2 saturated heterocycles. The molecular formula is C17H32N2O6P2. The normalized spacial score (nSPS) is 42.4. The van der Waals surface area contributed by atoms with Gasteiger partial charge in [-0.3, -0.25) is 18.1 Å². The van der Waals surface area contributed by atoms with E-state index in [-0.39, 0.29) is 38.5 Å². The highest BCUT2D eigenvalue weighted by Gasteiger charge is 2.49. The minimum absolute atomic E-state index is 0.192. The van der Waals surface area contributed by atoms with Gasteiger partial charge in [-0.05, 0) is 25.7 Å². The van der Waals surface area contributed by atoms with E-state index in [9.17, 15) is 9.13 Å². The standard InChI is InChI=1S/C17H32N2O6P2/c20-26(18-15-7-3-1-4-8-15)22-11-17(12-23-26)13-24-27(21,25-14-17)19-16-9-5-2-6-10-16/h15-16H,1-14H2,(H,18,20)(H,19,21). The van der Waals surface area contributed by atoms with Gasteiger partial charge in [0.25, 0.3) is 0 Å². The second-order valence-corrected chi connectivity index (χ2v) is 12.1. The lowest BCUT2D eigenvalue weighted by molar-refractivity contribution is -0.0728. The van der Waals surface area contributed by atoms with Gasteiger partial charge >= 0.3 is 15.5 Å². The van der Waals surface area contributed by atoms with E-state index in [2.05, 4.69) is 10.2 Å². The summed E-state index contributed by atoms with van der Waals surface area (Å²) in [6.07, 6.45) is 11.1. The van der Waals surface area contributed by atoms with Crippen LogP contribution in [-0.4, -0.2) is 38.5 Å². The van der Waals surface area contributed by atoms with Gasteiger partial charge in [0.15, 0.2) is 0 Å². The maximum Gasteiger partial charge on any atom is 0.405 e. The number of hydrogen-bond donors (Lipinski definition) is 2. The average molecular weight is 422 g/mol. The molecule has 4 rings (SSSR count). The summed E-state index contributed by atoms with van der Waals surface area (Å²) in [7, 11) is -6.56. The topological polar surface area (TPSA) is 95.1 Å². The molecule has 2 aliphatic heterocycles. The number of nitrogens with one attached hydrogen (secondary N) is 2. The van der Waals surface area contributed by atoms with E-state index in [1.165, 1.54) is 12.8 Å². The zero-order valence-corrected chi connectivity index (χ0v) is 17.7. The Bertz CT molecular complexity index is 527. The minimum Gasteiger partial charge on any atom is -0.296 e. The molecule has 2 aliphatic carbocycles. The van der Waals surface area contributed by atoms with Gasteiger partial charge in [0.2, 0.25) is 0 Å². The molecule has 2 heterocycles. The molecule has 2 saturated carbocycles. The molecule has 0 aromatic rings. The molecule has 4 fully saturated rings. The van der Waals surface area contributed by atoms with Crippen LogP contribution in [-0.2, 0) is 27.2 Å². The zero-order chi connectivity index (χ0) is 18.8. The summed E-state index contributed by atoms with van der Waals surface area (Å²) in [5.74, 6) is 0. The van der Waals surface area contributed by atoms with E-state index in [0.29, 0.717) is 0 Å². The molecule has 27 heavy (non-hydrogen) atoms. The van der Waals surface area contributed by atoms with Crippen LogP contribution in [0.5, 0.6) is 0 Å². The van der Waals surface area contributed by atoms with Crippen molar-refractivity contribution in [3.8, 4) is 0 Å². The molecule has 0 amide bonds. The molecular weight excluding hydrogens is 390 g/mol. The third-order valence-electron chi connectivity index (χ3n) is 6.05. The minimum atomic E-state index is -3.28. The smallest absolute Gasteiger partial charge is 0.296 e. The molecule has 4 aliphatic rings. The van der Waals surface area contributed by atoms with Crippen molar-refractivity contribution >= 4 is 15.5 Å². The Labute approximate surface area is 161 Å². The molecule has 0 atom stereocenters. The zero-order valence-electron chi connectivity index (χ0n) is 15.9. The molecule has 2 N–H and O–H groups in total. The van der Waals surface area contributed by atoms with Gasteiger partial charge in [-0.15, -0.1) is 0 Å². The maximum absolute atomic E-state index is 12.8. The quantitative estimate of drug-likeness (QED) is 0.653. The Kier molecular flexibility index (Phi) is 6.47. The molecule has 0 radical (unpaired) electrons. The number of hydrogen-bond acceptors (Lipinski definition) is 6. The van der Waals surface area contributed by atoms with Crippen LogP contribution >= 0.6 is 15.5 Å². The largest absolute Gasteiger partial charge is 0.405 e. The Morgan fingerprint density at radius 3 is 1.26 bits per heavy atom. The fraction of sp³-hybridized carbons (Fsp3) is 1.00. The SMILES string of the molecule is O=P1(NC2CCCCC2)OCC2(CO1)COP(=O)(NC1CCCCC1)OC2. The van der Waals surface area contributed by atoms with Crippen molar-refractivity contribution in [2.75, 3.05) is 26.4 Å². The number of rotatable bonds is 4. The first-order chi connectivity index (χ1) is 13.0. The summed E-state index contributed by atoms with van der Waals surface area (Å²) in [6.45, 7) is 0.863. The van der Waals surface area contributed by atoms with Crippen LogP contribution in [0.2, 0.25) is 0 Å². The first-order valence-electron chi connectivity index (χ1n) is 10.3. The van der Waals surface area contributed by atoms with E-state index < -0.39 is 20.9 Å². The summed E-state index contributed by atoms with van der Waals surface area (Å²) >= 11 is 0. The molecule has 0 bridgehead atoms. The van der Waals surface area contributed by atoms with Crippen LogP contribution in [0.15, 0.2) is 0 Å². The van der Waals surface area contributed by atoms with Crippen LogP contribution in [0.1, 0.15) is 64.2 Å². The van der Waals surface area contributed by atoms with Gasteiger partial charge in [0, 0.05) is 12.1 Å². The highest BCUT2D eigenvalue weighted by Crippen LogP contribution is 2.57. The van der Waals surface area contributed by atoms with E-state index in [4.69, 9.17) is 18.1 Å². The highest BCUT2D eigenvalue weighted by molar-refractivity contribution is 7.52. The van der Waals surface area contributed by atoms with Crippen LogP contribution in [0.3, 0.4) is 0 Å². The molecule has 8 nitrogen and oxygen atoms in total. The molecule has 0 aromatic heterocycles. The molecule has 156 valence electrons. The van der Waals surface area contributed by atoms with Gasteiger partial charge in [-0.1, -0.05) is 38.5 Å². The summed E-state index contributed by atoms with van der Waals surface area (Å²) in [5, 5.41) is 6.18. The van der Waals surface area contributed by atoms with Gasteiger partial charge < -0.3 is 0 Å². The Morgan fingerprint density at radius 2 is 0.926 bits per heavy atom. The van der Waals surface area contributed by atoms with Crippen molar-refractivity contribution in [3.05, 3.63) is 0 Å². The predicted octanol–water partition coefficient (Wildman–Crippen LogP) is 4.13. The Hall–Kier alpha value is 0.220. The van der Waals surface area contributed by atoms with Crippen molar-refractivity contribution in [3.63, 3.8) is 0 Å². The van der Waals surface area contributed by atoms with E-state index in [1.807, 2.05) is 0 Å². The van der Waals surface area contributed by atoms with Crippen LogP contribution in [0.25, 0.3) is 0 Å². The van der Waals surface area contributed by atoms with Crippen LogP contribution < -0.4 is 10.2 Å². The van der Waals surface area contributed by atoms with E-state index >= 15 is 0 Å². The van der Waals surface area contributed by atoms with Crippen molar-refractivity contribution in [2.45, 2.75) is 76.3 Å². The van der Waals surface area contributed by atoms with Crippen molar-refractivity contribution in [1.29, 1.82) is 0 Å². The maximum atomic E-state index is 12.8. The van der Waals surface area contributed by atoms with Gasteiger partial charge in [-0.2, -0.15) is 0 Å². The predicted molar refractivity (Wildman–Crippen MR) is 101 cm³/mol. The van der Waals surface area contributed by atoms with Crippen molar-refractivity contribution in [2.24, 2.45) is 5.41 Å². The monoisotopic (exact) mass is 422 g/mol. The Balaban J connectivity index is 1.26. The summed E-state index contributed by atoms with van der Waals surface area (Å²) in [4.78, 5) is 0. The van der Waals surface area contributed by atoms with Crippen molar-refractivity contribution < 1.29 is 27.2 Å². The third kappa shape index (κ3) is 5.23. The lowest BCUT2D eigenvalue weighted by Crippen LogP contribution is -2.48. The van der Waals surface area contributed by atoms with E-state index in [0.717, 1.165) is 51.4 Å². The fourth-order valence-corrected chi connectivity index (χ4v) is 7.91. The van der Waals surface area contributed by atoms with Gasteiger partial charge in [0.1, 0.15) is 0 Å². The third-order valence-corrected chi connectivity index (χ3v) is 9.29. The molecule has 1 spiro atoms. The molecule has 0 unspecified atom stereocenters. The first kappa shape index (κ1) is 20.5. The lowest BCUT2D eigenvalue weighted by Gasteiger charge is -2.43. The Morgan fingerprint density at radius 1 is 0.593 bits per heavy atom. The summed E-state index contributed by atoms with van der Waals surface area (Å²) in [6, 6.07) is 0.384. The van der Waals surface area contributed by atoms with Gasteiger partial charge in [-0.25, -0.2) is 19.3 Å². The summed E-state index contributed by atoms with van der Waals surface area (Å²) in [5.41, 5.74) is -0.551. The van der Waals surface area contributed by atoms with Crippen LogP contribution in [0, 0.1) is 5.41 Å². The van der Waals surface area contributed by atoms with Gasteiger partial charge in [0.05, 0.1) is 31.8 Å².